The molecule has 0 atom stereocenters. The van der Waals surface area contributed by atoms with Gasteiger partial charge in [-0.25, -0.2) is 9.37 Å². The van der Waals surface area contributed by atoms with E-state index in [0.29, 0.717) is 12.1 Å². The molecule has 0 aliphatic carbocycles. The van der Waals surface area contributed by atoms with Crippen molar-refractivity contribution in [2.45, 2.75) is 18.3 Å². The number of aromatic nitrogens is 1. The highest BCUT2D eigenvalue weighted by molar-refractivity contribution is 5.93. The van der Waals surface area contributed by atoms with Crippen molar-refractivity contribution < 1.29 is 40.3 Å². The fourth-order valence-electron chi connectivity index (χ4n) is 2.17. The SMILES string of the molecule is CNC(=O)c1cnc(Oc2ccc(C(C(F)(F)F)C(F)(F)F)cc2)c(F)c1. The number of halogens is 7. The van der Waals surface area contributed by atoms with E-state index in [0.717, 1.165) is 24.4 Å². The molecule has 0 spiro atoms. The number of nitrogens with zero attached hydrogens (tertiary/aromatic N) is 1. The number of rotatable bonds is 4. The molecule has 0 bridgehead atoms. The van der Waals surface area contributed by atoms with Gasteiger partial charge in [0, 0.05) is 13.2 Å². The monoisotopic (exact) mass is 396 g/mol. The molecular weight excluding hydrogens is 385 g/mol. The molecule has 4 nitrogen and oxygen atoms in total. The van der Waals surface area contributed by atoms with Crippen LogP contribution >= 0.6 is 0 Å². The molecule has 2 rings (SSSR count). The second kappa shape index (κ2) is 7.41. The first-order chi connectivity index (χ1) is 12.4. The zero-order chi connectivity index (χ0) is 20.4. The van der Waals surface area contributed by atoms with Crippen LogP contribution in [0.15, 0.2) is 36.5 Å². The van der Waals surface area contributed by atoms with Crippen molar-refractivity contribution in [3.05, 3.63) is 53.5 Å². The molecule has 11 heteroatoms. The lowest BCUT2D eigenvalue weighted by Gasteiger charge is -2.23. The molecule has 0 radical (unpaired) electrons. The van der Waals surface area contributed by atoms with Crippen molar-refractivity contribution in [2.75, 3.05) is 7.05 Å². The molecule has 0 saturated heterocycles. The van der Waals surface area contributed by atoms with Gasteiger partial charge in [0.05, 0.1) is 5.56 Å². The van der Waals surface area contributed by atoms with Gasteiger partial charge in [0.15, 0.2) is 11.7 Å². The zero-order valence-electron chi connectivity index (χ0n) is 13.5. The summed E-state index contributed by atoms with van der Waals surface area (Å²) < 4.78 is 95.0. The Morgan fingerprint density at radius 3 is 2.07 bits per heavy atom. The number of alkyl halides is 6. The Hall–Kier alpha value is -2.85. The van der Waals surface area contributed by atoms with Crippen molar-refractivity contribution in [1.82, 2.24) is 10.3 Å². The second-order valence-corrected chi connectivity index (χ2v) is 5.28. The van der Waals surface area contributed by atoms with Gasteiger partial charge >= 0.3 is 12.4 Å². The van der Waals surface area contributed by atoms with Crippen LogP contribution < -0.4 is 10.1 Å². The molecule has 0 aliphatic rings. The van der Waals surface area contributed by atoms with E-state index in [4.69, 9.17) is 4.74 Å². The quantitative estimate of drug-likeness (QED) is 0.770. The third-order valence-electron chi connectivity index (χ3n) is 3.38. The third-order valence-corrected chi connectivity index (χ3v) is 3.38. The van der Waals surface area contributed by atoms with Crippen molar-refractivity contribution in [3.63, 3.8) is 0 Å². The number of pyridine rings is 1. The van der Waals surface area contributed by atoms with Crippen LogP contribution in [0.25, 0.3) is 0 Å². The minimum Gasteiger partial charge on any atom is -0.436 e. The summed E-state index contributed by atoms with van der Waals surface area (Å²) in [5, 5.41) is 2.25. The number of ether oxygens (including phenoxy) is 1. The number of hydrogen-bond acceptors (Lipinski definition) is 3. The minimum atomic E-state index is -5.52. The Kier molecular flexibility index (Phi) is 5.62. The summed E-state index contributed by atoms with van der Waals surface area (Å²) in [5.74, 6) is -6.13. The molecule has 1 N–H and O–H groups in total. The van der Waals surface area contributed by atoms with Crippen LogP contribution in [0.4, 0.5) is 30.7 Å². The predicted molar refractivity (Wildman–Crippen MR) is 79.0 cm³/mol. The standard InChI is InChI=1S/C16H11F7N2O2/c1-24-13(26)9-6-11(17)14(25-7-9)27-10-4-2-8(3-5-10)12(15(18,19)20)16(21,22)23/h2-7,12H,1H3,(H,24,26). The van der Waals surface area contributed by atoms with Gasteiger partial charge in [0.2, 0.25) is 0 Å². The predicted octanol–water partition coefficient (Wildman–Crippen LogP) is 4.58. The molecule has 27 heavy (non-hydrogen) atoms. The van der Waals surface area contributed by atoms with E-state index in [1.165, 1.54) is 7.05 Å². The average Bonchev–Trinajstić information content (AvgIpc) is 2.55. The van der Waals surface area contributed by atoms with Crippen LogP contribution in [0.2, 0.25) is 0 Å². The first-order valence-electron chi connectivity index (χ1n) is 7.22. The van der Waals surface area contributed by atoms with Gasteiger partial charge in [-0.15, -0.1) is 0 Å². The van der Waals surface area contributed by atoms with E-state index in [1.54, 1.807) is 0 Å². The number of amides is 1. The maximum Gasteiger partial charge on any atom is 0.404 e. The molecule has 0 fully saturated rings. The Balaban J connectivity index is 2.24. The lowest BCUT2D eigenvalue weighted by atomic mass is 9.98. The van der Waals surface area contributed by atoms with E-state index in [9.17, 15) is 35.5 Å². The normalized spacial score (nSPS) is 12.2. The molecule has 0 aliphatic heterocycles. The molecular formula is C16H11F7N2O2. The molecule has 146 valence electrons. The fourth-order valence-corrected chi connectivity index (χ4v) is 2.17. The molecule has 1 heterocycles. The third kappa shape index (κ3) is 4.86. The van der Waals surface area contributed by atoms with Gasteiger partial charge in [-0.3, -0.25) is 4.79 Å². The van der Waals surface area contributed by atoms with Crippen LogP contribution in [0.3, 0.4) is 0 Å². The Bertz CT molecular complexity index is 803. The summed E-state index contributed by atoms with van der Waals surface area (Å²) >= 11 is 0. The smallest absolute Gasteiger partial charge is 0.404 e. The molecule has 1 aromatic carbocycles. The van der Waals surface area contributed by atoms with E-state index in [1.807, 2.05) is 0 Å². The van der Waals surface area contributed by atoms with Gasteiger partial charge in [-0.2, -0.15) is 26.3 Å². The summed E-state index contributed by atoms with van der Waals surface area (Å²) in [6.07, 6.45) is -10.1. The summed E-state index contributed by atoms with van der Waals surface area (Å²) in [4.78, 5) is 14.9. The first kappa shape index (κ1) is 20.5. The number of carbonyl (C=O) groups excluding carboxylic acids is 1. The first-order valence-corrected chi connectivity index (χ1v) is 7.22. The maximum absolute atomic E-state index is 13.9. The van der Waals surface area contributed by atoms with E-state index in [-0.39, 0.29) is 11.3 Å². The Labute approximate surface area is 148 Å². The summed E-state index contributed by atoms with van der Waals surface area (Å²) in [6.45, 7) is 0. The van der Waals surface area contributed by atoms with Gasteiger partial charge in [-0.05, 0) is 23.8 Å². The highest BCUT2D eigenvalue weighted by Crippen LogP contribution is 2.46. The summed E-state index contributed by atoms with van der Waals surface area (Å²) in [7, 11) is 1.32. The lowest BCUT2D eigenvalue weighted by Crippen LogP contribution is -2.34. The summed E-state index contributed by atoms with van der Waals surface area (Å²) in [6, 6.07) is 3.63. The number of nitrogens with one attached hydrogen (secondary N) is 1. The number of benzene rings is 1. The van der Waals surface area contributed by atoms with Crippen LogP contribution in [-0.4, -0.2) is 30.3 Å². The number of hydrogen-bond donors (Lipinski definition) is 1. The second-order valence-electron chi connectivity index (χ2n) is 5.28. The Morgan fingerprint density at radius 2 is 1.63 bits per heavy atom. The minimum absolute atomic E-state index is 0.101. The molecule has 2 aromatic rings. The highest BCUT2D eigenvalue weighted by atomic mass is 19.4. The van der Waals surface area contributed by atoms with Crippen molar-refractivity contribution in [3.8, 4) is 11.6 Å². The van der Waals surface area contributed by atoms with Crippen molar-refractivity contribution in [2.24, 2.45) is 0 Å². The van der Waals surface area contributed by atoms with E-state index >= 15 is 0 Å². The highest BCUT2D eigenvalue weighted by Gasteiger charge is 2.57. The van der Waals surface area contributed by atoms with Crippen molar-refractivity contribution >= 4 is 5.91 Å². The van der Waals surface area contributed by atoms with Gasteiger partial charge < -0.3 is 10.1 Å². The van der Waals surface area contributed by atoms with E-state index < -0.39 is 41.4 Å². The van der Waals surface area contributed by atoms with Gasteiger partial charge in [0.25, 0.3) is 11.8 Å². The maximum atomic E-state index is 13.9. The molecule has 0 unspecified atom stereocenters. The molecule has 0 saturated carbocycles. The Morgan fingerprint density at radius 1 is 1.07 bits per heavy atom. The lowest BCUT2D eigenvalue weighted by molar-refractivity contribution is -0.253. The van der Waals surface area contributed by atoms with E-state index in [2.05, 4.69) is 10.3 Å². The number of carbonyl (C=O) groups is 1. The molecule has 1 aromatic heterocycles. The average molecular weight is 396 g/mol. The largest absolute Gasteiger partial charge is 0.436 e. The van der Waals surface area contributed by atoms with Crippen LogP contribution in [0.1, 0.15) is 21.8 Å². The van der Waals surface area contributed by atoms with Gasteiger partial charge in [-0.1, -0.05) is 12.1 Å². The van der Waals surface area contributed by atoms with Crippen molar-refractivity contribution in [1.29, 1.82) is 0 Å². The zero-order valence-corrected chi connectivity index (χ0v) is 13.5. The van der Waals surface area contributed by atoms with Crippen LogP contribution in [0, 0.1) is 5.82 Å². The van der Waals surface area contributed by atoms with Crippen LogP contribution in [0.5, 0.6) is 11.6 Å². The summed E-state index contributed by atoms with van der Waals surface area (Å²) in [5.41, 5.74) is -1.14. The van der Waals surface area contributed by atoms with Crippen LogP contribution in [-0.2, 0) is 0 Å². The molecule has 1 amide bonds. The van der Waals surface area contributed by atoms with Gasteiger partial charge in [0.1, 0.15) is 5.75 Å². The fraction of sp³-hybridized carbons (Fsp3) is 0.250. The topological polar surface area (TPSA) is 51.2 Å².